The summed E-state index contributed by atoms with van der Waals surface area (Å²) in [5.41, 5.74) is 2.11. The molecule has 3 heterocycles. The number of carbonyl (C=O) groups excluding carboxylic acids is 1. The fourth-order valence-electron chi connectivity index (χ4n) is 4.56. The molecule has 0 unspecified atom stereocenters. The lowest BCUT2D eigenvalue weighted by Crippen LogP contribution is -2.28. The predicted octanol–water partition coefficient (Wildman–Crippen LogP) is 4.69. The number of amides is 1. The number of fused-ring (bicyclic) bond motifs is 1. The molecule has 5 rings (SSSR count). The number of nitrogens with one attached hydrogen (secondary N) is 3. The molecule has 0 spiro atoms. The van der Waals surface area contributed by atoms with Gasteiger partial charge in [-0.1, -0.05) is 32.9 Å². The van der Waals surface area contributed by atoms with Crippen LogP contribution in [0.1, 0.15) is 68.5 Å². The van der Waals surface area contributed by atoms with Crippen LogP contribution in [-0.4, -0.2) is 43.3 Å². The van der Waals surface area contributed by atoms with E-state index in [-0.39, 0.29) is 29.9 Å². The Morgan fingerprint density at radius 1 is 1.19 bits per heavy atom. The van der Waals surface area contributed by atoms with Crippen LogP contribution in [0.3, 0.4) is 0 Å². The fourth-order valence-corrected chi connectivity index (χ4v) is 4.56. The maximum absolute atomic E-state index is 15.1. The number of hydrogen-bond donors (Lipinski definition) is 4. The highest BCUT2D eigenvalue weighted by atomic mass is 19.1. The molecule has 10 heteroatoms. The van der Waals surface area contributed by atoms with E-state index in [1.165, 1.54) is 12.3 Å². The number of oxazole rings is 1. The fraction of sp³-hybridized carbons (Fsp3) is 0.407. The monoisotopic (exact) mass is 506 g/mol. The number of aliphatic hydroxyl groups is 1. The zero-order chi connectivity index (χ0) is 26.2. The highest BCUT2D eigenvalue weighted by Gasteiger charge is 2.24. The van der Waals surface area contributed by atoms with Crippen molar-refractivity contribution in [3.05, 3.63) is 59.7 Å². The van der Waals surface area contributed by atoms with E-state index in [1.807, 2.05) is 32.9 Å². The van der Waals surface area contributed by atoms with E-state index in [9.17, 15) is 9.90 Å². The molecule has 0 atom stereocenters. The Balaban J connectivity index is 1.33. The van der Waals surface area contributed by atoms with Gasteiger partial charge < -0.3 is 20.2 Å². The van der Waals surface area contributed by atoms with Crippen LogP contribution in [0.25, 0.3) is 22.2 Å². The number of aliphatic hydroxyl groups excluding tert-OH is 1. The molecule has 0 saturated heterocycles. The number of aromatic nitrogens is 4. The van der Waals surface area contributed by atoms with Crippen molar-refractivity contribution in [2.24, 2.45) is 0 Å². The SMILES string of the molecule is CC(C)(C)c1ncc(C(=O)NCc2ccc(-c3ccnc4[nH]nc(N[C@H]5CC[C@H](O)CC5)c34)cc2F)o1. The standard InChI is InChI=1S/C27H31FN6O3/c1-27(2,3)26-31-14-21(37-26)25(36)30-13-16-5-4-15(12-20(16)28)19-10-11-29-23-22(19)24(34-33-23)32-17-6-8-18(35)9-7-17/h4-5,10-12,14,17-18,35H,6-9,13H2,1-3H3,(H,30,36)(H2,29,32,33,34)/t17-,18-. The highest BCUT2D eigenvalue weighted by molar-refractivity contribution is 6.00. The topological polar surface area (TPSA) is 129 Å². The second-order valence-electron chi connectivity index (χ2n) is 10.6. The Bertz CT molecular complexity index is 1420. The molecule has 0 bridgehead atoms. The van der Waals surface area contributed by atoms with E-state index in [2.05, 4.69) is 30.8 Å². The van der Waals surface area contributed by atoms with Crippen molar-refractivity contribution in [1.29, 1.82) is 0 Å². The molecule has 194 valence electrons. The molecule has 37 heavy (non-hydrogen) atoms. The summed E-state index contributed by atoms with van der Waals surface area (Å²) in [4.78, 5) is 21.0. The van der Waals surface area contributed by atoms with E-state index >= 15 is 4.39 Å². The lowest BCUT2D eigenvalue weighted by molar-refractivity contribution is 0.0919. The molecule has 9 nitrogen and oxygen atoms in total. The molecular formula is C27H31FN6O3. The lowest BCUT2D eigenvalue weighted by atomic mass is 9.93. The van der Waals surface area contributed by atoms with E-state index in [0.29, 0.717) is 28.5 Å². The second kappa shape index (κ2) is 9.93. The summed E-state index contributed by atoms with van der Waals surface area (Å²) in [5.74, 6) is 0.333. The second-order valence-corrected chi connectivity index (χ2v) is 10.6. The molecule has 1 saturated carbocycles. The van der Waals surface area contributed by atoms with Gasteiger partial charge in [0.1, 0.15) is 5.82 Å². The minimum atomic E-state index is -0.452. The van der Waals surface area contributed by atoms with Gasteiger partial charge in [-0.05, 0) is 48.9 Å². The van der Waals surface area contributed by atoms with Gasteiger partial charge in [-0.25, -0.2) is 14.4 Å². The van der Waals surface area contributed by atoms with Crippen LogP contribution in [0.4, 0.5) is 10.2 Å². The molecule has 1 fully saturated rings. The third-order valence-electron chi connectivity index (χ3n) is 6.67. The van der Waals surface area contributed by atoms with E-state index in [4.69, 9.17) is 4.42 Å². The van der Waals surface area contributed by atoms with Crippen LogP contribution in [0.15, 0.2) is 41.1 Å². The third kappa shape index (κ3) is 5.34. The maximum atomic E-state index is 15.1. The van der Waals surface area contributed by atoms with Crippen molar-refractivity contribution >= 4 is 22.8 Å². The number of rotatable bonds is 6. The number of nitrogens with zero attached hydrogens (tertiary/aromatic N) is 3. The predicted molar refractivity (Wildman–Crippen MR) is 138 cm³/mol. The minimum absolute atomic E-state index is 0.00824. The zero-order valence-corrected chi connectivity index (χ0v) is 21.1. The normalized spacial score (nSPS) is 18.2. The van der Waals surface area contributed by atoms with Crippen molar-refractivity contribution in [3.63, 3.8) is 0 Å². The summed E-state index contributed by atoms with van der Waals surface area (Å²) in [6.45, 7) is 5.84. The van der Waals surface area contributed by atoms with Crippen molar-refractivity contribution in [3.8, 4) is 11.1 Å². The van der Waals surface area contributed by atoms with Crippen LogP contribution in [0.5, 0.6) is 0 Å². The molecule has 0 aliphatic heterocycles. The first-order chi connectivity index (χ1) is 17.7. The molecule has 4 aromatic rings. The summed E-state index contributed by atoms with van der Waals surface area (Å²) >= 11 is 0. The first kappa shape index (κ1) is 24.9. The summed E-state index contributed by atoms with van der Waals surface area (Å²) < 4.78 is 20.7. The average Bonchev–Trinajstić information content (AvgIpc) is 3.53. The van der Waals surface area contributed by atoms with Gasteiger partial charge in [0.15, 0.2) is 11.5 Å². The number of anilines is 1. The van der Waals surface area contributed by atoms with Gasteiger partial charge in [-0.3, -0.25) is 9.89 Å². The number of pyridine rings is 1. The van der Waals surface area contributed by atoms with Gasteiger partial charge in [0, 0.05) is 29.8 Å². The summed E-state index contributed by atoms with van der Waals surface area (Å²) in [6, 6.07) is 6.97. The van der Waals surface area contributed by atoms with Crippen molar-refractivity contribution in [2.75, 3.05) is 5.32 Å². The van der Waals surface area contributed by atoms with Crippen molar-refractivity contribution < 1.29 is 18.7 Å². The van der Waals surface area contributed by atoms with Crippen molar-refractivity contribution in [2.45, 2.75) is 70.6 Å². The molecule has 1 amide bonds. The average molecular weight is 507 g/mol. The Labute approximate surface area is 213 Å². The van der Waals surface area contributed by atoms with Crippen LogP contribution in [0.2, 0.25) is 0 Å². The van der Waals surface area contributed by atoms with Gasteiger partial charge in [0.05, 0.1) is 17.7 Å². The Morgan fingerprint density at radius 2 is 1.97 bits per heavy atom. The van der Waals surface area contributed by atoms with Gasteiger partial charge >= 0.3 is 0 Å². The Hall–Kier alpha value is -3.79. The molecule has 1 aliphatic rings. The number of benzene rings is 1. The quantitative estimate of drug-likeness (QED) is 0.298. The maximum Gasteiger partial charge on any atom is 0.288 e. The largest absolute Gasteiger partial charge is 0.435 e. The van der Waals surface area contributed by atoms with Crippen molar-refractivity contribution in [1.82, 2.24) is 25.5 Å². The Kier molecular flexibility index (Phi) is 6.68. The van der Waals surface area contributed by atoms with Gasteiger partial charge in [0.2, 0.25) is 11.7 Å². The number of aromatic amines is 1. The summed E-state index contributed by atoms with van der Waals surface area (Å²) in [7, 11) is 0. The molecule has 1 aliphatic carbocycles. The summed E-state index contributed by atoms with van der Waals surface area (Å²) in [6.07, 6.45) is 6.01. The Morgan fingerprint density at radius 3 is 2.68 bits per heavy atom. The van der Waals surface area contributed by atoms with E-state index in [1.54, 1.807) is 12.3 Å². The van der Waals surface area contributed by atoms with Gasteiger partial charge in [-0.2, -0.15) is 5.10 Å². The van der Waals surface area contributed by atoms with Crippen LogP contribution in [0, 0.1) is 5.82 Å². The highest BCUT2D eigenvalue weighted by Crippen LogP contribution is 2.34. The third-order valence-corrected chi connectivity index (χ3v) is 6.67. The smallest absolute Gasteiger partial charge is 0.288 e. The minimum Gasteiger partial charge on any atom is -0.435 e. The number of hydrogen-bond acceptors (Lipinski definition) is 7. The molecule has 1 aromatic carbocycles. The van der Waals surface area contributed by atoms with E-state index < -0.39 is 11.7 Å². The number of H-pyrrole nitrogens is 1. The van der Waals surface area contributed by atoms with Crippen LogP contribution < -0.4 is 10.6 Å². The zero-order valence-electron chi connectivity index (χ0n) is 21.1. The van der Waals surface area contributed by atoms with Gasteiger partial charge in [-0.15, -0.1) is 0 Å². The molecule has 4 N–H and O–H groups in total. The first-order valence-corrected chi connectivity index (χ1v) is 12.5. The summed E-state index contributed by atoms with van der Waals surface area (Å²) in [5, 5.41) is 24.1. The molecule has 0 radical (unpaired) electrons. The number of carbonyl (C=O) groups is 1. The van der Waals surface area contributed by atoms with Crippen LogP contribution in [-0.2, 0) is 12.0 Å². The lowest BCUT2D eigenvalue weighted by Gasteiger charge is -2.26. The molecular weight excluding hydrogens is 475 g/mol. The van der Waals surface area contributed by atoms with E-state index in [0.717, 1.165) is 36.6 Å². The first-order valence-electron chi connectivity index (χ1n) is 12.5. The number of halogens is 1. The van der Waals surface area contributed by atoms with Crippen LogP contribution >= 0.6 is 0 Å². The van der Waals surface area contributed by atoms with Gasteiger partial charge in [0.25, 0.3) is 5.91 Å². The molecule has 3 aromatic heterocycles.